The Morgan fingerprint density at radius 2 is 1.90 bits per heavy atom. The highest BCUT2D eigenvalue weighted by Crippen LogP contribution is 2.27. The van der Waals surface area contributed by atoms with Gasteiger partial charge in [-0.05, 0) is 64.7 Å². The lowest BCUT2D eigenvalue weighted by molar-refractivity contribution is 0.0696. The maximum absolute atomic E-state index is 10.9. The standard InChI is InChI=1S/C16H15BrO3/c1-10-3-4-12(7-11(10)2)9-20-15-6-5-13(16(18)19)8-14(15)17/h3-8H,9H2,1-2H3,(H,18,19). The fraction of sp³-hybridized carbons (Fsp3) is 0.188. The molecular formula is C16H15BrO3. The summed E-state index contributed by atoms with van der Waals surface area (Å²) >= 11 is 3.33. The third-order valence-corrected chi connectivity index (χ3v) is 3.76. The first kappa shape index (κ1) is 14.6. The Labute approximate surface area is 126 Å². The number of rotatable bonds is 4. The van der Waals surface area contributed by atoms with Gasteiger partial charge in [-0.15, -0.1) is 0 Å². The Morgan fingerprint density at radius 1 is 1.15 bits per heavy atom. The van der Waals surface area contributed by atoms with E-state index in [1.807, 2.05) is 6.07 Å². The molecule has 0 aliphatic heterocycles. The van der Waals surface area contributed by atoms with E-state index in [9.17, 15) is 4.79 Å². The minimum absolute atomic E-state index is 0.232. The SMILES string of the molecule is Cc1ccc(COc2ccc(C(=O)O)cc2Br)cc1C. The molecule has 0 heterocycles. The van der Waals surface area contributed by atoms with Gasteiger partial charge in [-0.1, -0.05) is 18.2 Å². The van der Waals surface area contributed by atoms with E-state index in [0.29, 0.717) is 16.8 Å². The lowest BCUT2D eigenvalue weighted by atomic mass is 10.1. The lowest BCUT2D eigenvalue weighted by Crippen LogP contribution is -1.99. The number of carboxylic acids is 1. The molecular weight excluding hydrogens is 320 g/mol. The zero-order valence-electron chi connectivity index (χ0n) is 11.3. The molecule has 0 aliphatic rings. The number of carbonyl (C=O) groups is 1. The number of aryl methyl sites for hydroxylation is 2. The van der Waals surface area contributed by atoms with Crippen molar-refractivity contribution in [3.8, 4) is 5.75 Å². The molecule has 0 aliphatic carbocycles. The van der Waals surface area contributed by atoms with Crippen LogP contribution in [0.1, 0.15) is 27.0 Å². The number of carboxylic acid groups (broad SMARTS) is 1. The summed E-state index contributed by atoms with van der Waals surface area (Å²) in [4.78, 5) is 10.9. The van der Waals surface area contributed by atoms with Crippen molar-refractivity contribution < 1.29 is 14.6 Å². The molecule has 0 saturated carbocycles. The molecule has 2 aromatic rings. The van der Waals surface area contributed by atoms with Crippen LogP contribution in [0.3, 0.4) is 0 Å². The summed E-state index contributed by atoms with van der Waals surface area (Å²) in [5.41, 5.74) is 3.80. The summed E-state index contributed by atoms with van der Waals surface area (Å²) < 4.78 is 6.35. The van der Waals surface area contributed by atoms with Crippen molar-refractivity contribution in [3.05, 3.63) is 63.1 Å². The van der Waals surface area contributed by atoms with Crippen molar-refractivity contribution in [2.45, 2.75) is 20.5 Å². The number of ether oxygens (including phenoxy) is 1. The van der Waals surface area contributed by atoms with Gasteiger partial charge in [0.2, 0.25) is 0 Å². The van der Waals surface area contributed by atoms with E-state index in [2.05, 4.69) is 41.9 Å². The summed E-state index contributed by atoms with van der Waals surface area (Å²) in [6.07, 6.45) is 0. The van der Waals surface area contributed by atoms with Gasteiger partial charge in [0, 0.05) is 0 Å². The van der Waals surface area contributed by atoms with Crippen molar-refractivity contribution in [1.82, 2.24) is 0 Å². The molecule has 0 bridgehead atoms. The zero-order valence-corrected chi connectivity index (χ0v) is 12.9. The van der Waals surface area contributed by atoms with Crippen molar-refractivity contribution in [3.63, 3.8) is 0 Å². The van der Waals surface area contributed by atoms with E-state index < -0.39 is 5.97 Å². The average molecular weight is 335 g/mol. The first-order valence-electron chi connectivity index (χ1n) is 6.19. The van der Waals surface area contributed by atoms with Crippen molar-refractivity contribution >= 4 is 21.9 Å². The molecule has 2 aromatic carbocycles. The first-order valence-corrected chi connectivity index (χ1v) is 6.98. The van der Waals surface area contributed by atoms with E-state index in [1.54, 1.807) is 6.07 Å². The molecule has 0 amide bonds. The molecule has 0 saturated heterocycles. The molecule has 0 unspecified atom stereocenters. The molecule has 0 fully saturated rings. The Morgan fingerprint density at radius 3 is 2.50 bits per heavy atom. The highest BCUT2D eigenvalue weighted by molar-refractivity contribution is 9.10. The van der Waals surface area contributed by atoms with Gasteiger partial charge in [-0.3, -0.25) is 0 Å². The van der Waals surface area contributed by atoms with E-state index in [0.717, 1.165) is 5.56 Å². The molecule has 4 heteroatoms. The molecule has 0 spiro atoms. The summed E-state index contributed by atoms with van der Waals surface area (Å²) in [6, 6.07) is 10.9. The van der Waals surface area contributed by atoms with Gasteiger partial charge in [-0.2, -0.15) is 0 Å². The highest BCUT2D eigenvalue weighted by atomic mass is 79.9. The lowest BCUT2D eigenvalue weighted by Gasteiger charge is -2.10. The van der Waals surface area contributed by atoms with Crippen LogP contribution in [0, 0.1) is 13.8 Å². The normalized spacial score (nSPS) is 10.3. The summed E-state index contributed by atoms with van der Waals surface area (Å²) in [5, 5.41) is 8.90. The molecule has 1 N–H and O–H groups in total. The zero-order chi connectivity index (χ0) is 14.7. The highest BCUT2D eigenvalue weighted by Gasteiger charge is 2.08. The van der Waals surface area contributed by atoms with Crippen LogP contribution in [0.2, 0.25) is 0 Å². The number of aromatic carboxylic acids is 1. The van der Waals surface area contributed by atoms with E-state index in [1.165, 1.54) is 23.3 Å². The minimum atomic E-state index is -0.952. The molecule has 0 atom stereocenters. The Balaban J connectivity index is 2.10. The van der Waals surface area contributed by atoms with Gasteiger partial charge in [0.25, 0.3) is 0 Å². The van der Waals surface area contributed by atoms with Crippen LogP contribution >= 0.6 is 15.9 Å². The van der Waals surface area contributed by atoms with Crippen LogP contribution in [0.15, 0.2) is 40.9 Å². The van der Waals surface area contributed by atoms with Gasteiger partial charge in [-0.25, -0.2) is 4.79 Å². The third-order valence-electron chi connectivity index (χ3n) is 3.14. The van der Waals surface area contributed by atoms with E-state index >= 15 is 0 Å². The van der Waals surface area contributed by atoms with E-state index in [4.69, 9.17) is 9.84 Å². The fourth-order valence-electron chi connectivity index (χ4n) is 1.81. The van der Waals surface area contributed by atoms with Crippen molar-refractivity contribution in [2.75, 3.05) is 0 Å². The molecule has 2 rings (SSSR count). The topological polar surface area (TPSA) is 46.5 Å². The summed E-state index contributed by atoms with van der Waals surface area (Å²) in [6.45, 7) is 4.59. The molecule has 0 radical (unpaired) electrons. The molecule has 104 valence electrons. The number of hydrogen-bond acceptors (Lipinski definition) is 2. The number of halogens is 1. The van der Waals surface area contributed by atoms with Gasteiger partial charge in [0.1, 0.15) is 12.4 Å². The van der Waals surface area contributed by atoms with Crippen LogP contribution in [0.5, 0.6) is 5.75 Å². The van der Waals surface area contributed by atoms with Crippen LogP contribution < -0.4 is 4.74 Å². The number of benzene rings is 2. The maximum atomic E-state index is 10.9. The molecule has 0 aromatic heterocycles. The number of hydrogen-bond donors (Lipinski definition) is 1. The smallest absolute Gasteiger partial charge is 0.335 e. The fourth-order valence-corrected chi connectivity index (χ4v) is 2.30. The van der Waals surface area contributed by atoms with Crippen LogP contribution in [-0.4, -0.2) is 11.1 Å². The second-order valence-corrected chi connectivity index (χ2v) is 5.51. The van der Waals surface area contributed by atoms with Gasteiger partial charge >= 0.3 is 5.97 Å². The summed E-state index contributed by atoms with van der Waals surface area (Å²) in [5.74, 6) is -0.320. The Bertz CT molecular complexity index is 650. The second kappa shape index (κ2) is 6.09. The largest absolute Gasteiger partial charge is 0.488 e. The second-order valence-electron chi connectivity index (χ2n) is 4.66. The monoisotopic (exact) mass is 334 g/mol. The predicted octanol–water partition coefficient (Wildman–Crippen LogP) is 4.34. The Hall–Kier alpha value is -1.81. The minimum Gasteiger partial charge on any atom is -0.488 e. The predicted molar refractivity (Wildman–Crippen MR) is 81.3 cm³/mol. The van der Waals surface area contributed by atoms with Crippen molar-refractivity contribution in [2.24, 2.45) is 0 Å². The maximum Gasteiger partial charge on any atom is 0.335 e. The van der Waals surface area contributed by atoms with Gasteiger partial charge < -0.3 is 9.84 Å². The van der Waals surface area contributed by atoms with Crippen molar-refractivity contribution in [1.29, 1.82) is 0 Å². The molecule has 3 nitrogen and oxygen atoms in total. The summed E-state index contributed by atoms with van der Waals surface area (Å²) in [7, 11) is 0. The van der Waals surface area contributed by atoms with E-state index in [-0.39, 0.29) is 5.56 Å². The van der Waals surface area contributed by atoms with Gasteiger partial charge in [0.05, 0.1) is 10.0 Å². The Kier molecular flexibility index (Phi) is 4.45. The molecule has 20 heavy (non-hydrogen) atoms. The average Bonchev–Trinajstić information content (AvgIpc) is 2.41. The third kappa shape index (κ3) is 3.39. The first-order chi connectivity index (χ1) is 9.47. The van der Waals surface area contributed by atoms with Crippen LogP contribution in [0.25, 0.3) is 0 Å². The quantitative estimate of drug-likeness (QED) is 0.904. The van der Waals surface area contributed by atoms with Crippen LogP contribution in [-0.2, 0) is 6.61 Å². The van der Waals surface area contributed by atoms with Gasteiger partial charge in [0.15, 0.2) is 0 Å². The van der Waals surface area contributed by atoms with Crippen LogP contribution in [0.4, 0.5) is 0 Å².